The third-order valence-corrected chi connectivity index (χ3v) is 5.70. The van der Waals surface area contributed by atoms with Gasteiger partial charge in [0.1, 0.15) is 11.4 Å². The predicted molar refractivity (Wildman–Crippen MR) is 114 cm³/mol. The number of halogens is 3. The van der Waals surface area contributed by atoms with Crippen LogP contribution in [0.1, 0.15) is 30.9 Å². The fourth-order valence-corrected chi connectivity index (χ4v) is 4.22. The maximum atomic E-state index is 13.5. The highest BCUT2D eigenvalue weighted by atomic mass is 19.4. The molecule has 1 atom stereocenters. The number of hydrogen-bond acceptors (Lipinski definition) is 4. The number of ether oxygens (including phenoxy) is 1. The zero-order valence-electron chi connectivity index (χ0n) is 17.8. The van der Waals surface area contributed by atoms with Crippen molar-refractivity contribution < 1.29 is 27.5 Å². The Morgan fingerprint density at radius 3 is 2.22 bits per heavy atom. The number of hydrogen-bond donors (Lipinski definition) is 0. The van der Waals surface area contributed by atoms with Crippen LogP contribution in [0.25, 0.3) is 5.57 Å². The first kappa shape index (κ1) is 21.9. The Bertz CT molecular complexity index is 1060. The molecule has 0 bridgehead atoms. The molecular weight excluding hydrogens is 421 g/mol. The van der Waals surface area contributed by atoms with Crippen LogP contribution in [0, 0.1) is 12.8 Å². The van der Waals surface area contributed by atoms with E-state index in [0.717, 1.165) is 35.4 Å². The van der Waals surface area contributed by atoms with Gasteiger partial charge < -0.3 is 9.64 Å². The first-order chi connectivity index (χ1) is 15.1. The molecule has 2 aromatic carbocycles. The van der Waals surface area contributed by atoms with Gasteiger partial charge in [-0.15, -0.1) is 13.2 Å². The van der Waals surface area contributed by atoms with Crippen molar-refractivity contribution in [2.24, 2.45) is 5.92 Å². The van der Waals surface area contributed by atoms with Crippen molar-refractivity contribution >= 4 is 23.1 Å². The molecule has 0 aliphatic carbocycles. The van der Waals surface area contributed by atoms with Crippen molar-refractivity contribution in [3.8, 4) is 5.75 Å². The number of benzene rings is 2. The van der Waals surface area contributed by atoms with E-state index in [4.69, 9.17) is 0 Å². The van der Waals surface area contributed by atoms with Crippen LogP contribution in [0.4, 0.5) is 18.9 Å². The summed E-state index contributed by atoms with van der Waals surface area (Å²) in [5.41, 5.74) is 2.53. The minimum absolute atomic E-state index is 0.194. The van der Waals surface area contributed by atoms with E-state index < -0.39 is 23.9 Å². The highest BCUT2D eigenvalue weighted by Crippen LogP contribution is 2.37. The van der Waals surface area contributed by atoms with Crippen LogP contribution < -0.4 is 9.64 Å². The van der Waals surface area contributed by atoms with Crippen LogP contribution >= 0.6 is 0 Å². The molecule has 2 heterocycles. The Balaban J connectivity index is 1.72. The lowest BCUT2D eigenvalue weighted by Gasteiger charge is -2.33. The first-order valence-corrected chi connectivity index (χ1v) is 10.4. The summed E-state index contributed by atoms with van der Waals surface area (Å²) in [7, 11) is 0. The Kier molecular flexibility index (Phi) is 5.71. The van der Waals surface area contributed by atoms with Gasteiger partial charge in [-0.05, 0) is 55.5 Å². The quantitative estimate of drug-likeness (QED) is 0.629. The Morgan fingerprint density at radius 2 is 1.62 bits per heavy atom. The predicted octanol–water partition coefficient (Wildman–Crippen LogP) is 4.91. The molecule has 1 unspecified atom stereocenters. The number of piperidine rings is 1. The lowest BCUT2D eigenvalue weighted by atomic mass is 9.97. The summed E-state index contributed by atoms with van der Waals surface area (Å²) < 4.78 is 41.3. The van der Waals surface area contributed by atoms with Gasteiger partial charge in [0.2, 0.25) is 0 Å². The molecule has 1 fully saturated rings. The number of carbonyl (C=O) groups is 2. The van der Waals surface area contributed by atoms with Crippen LogP contribution in [0.15, 0.2) is 54.2 Å². The fourth-order valence-electron chi connectivity index (χ4n) is 4.22. The molecule has 2 aliphatic heterocycles. The smallest absolute Gasteiger partial charge is 0.406 e. The van der Waals surface area contributed by atoms with Crippen LogP contribution in [0.5, 0.6) is 5.75 Å². The summed E-state index contributed by atoms with van der Waals surface area (Å²) in [5.74, 6) is -0.996. The minimum Gasteiger partial charge on any atom is -0.406 e. The minimum atomic E-state index is -4.82. The van der Waals surface area contributed by atoms with Crippen molar-refractivity contribution in [3.63, 3.8) is 0 Å². The zero-order chi connectivity index (χ0) is 23.0. The molecule has 8 heteroatoms. The molecule has 0 spiro atoms. The molecule has 0 N–H and O–H groups in total. The Hall–Kier alpha value is -3.29. The average molecular weight is 444 g/mol. The third-order valence-electron chi connectivity index (χ3n) is 5.70. The monoisotopic (exact) mass is 444 g/mol. The van der Waals surface area contributed by atoms with Gasteiger partial charge in [-0.25, -0.2) is 4.90 Å². The average Bonchev–Trinajstić information content (AvgIpc) is 2.98. The van der Waals surface area contributed by atoms with Crippen LogP contribution in [-0.2, 0) is 9.59 Å². The van der Waals surface area contributed by atoms with Gasteiger partial charge in [0.25, 0.3) is 11.8 Å². The van der Waals surface area contributed by atoms with Crippen molar-refractivity contribution in [2.45, 2.75) is 33.1 Å². The summed E-state index contributed by atoms with van der Waals surface area (Å²) in [6.07, 6.45) is -2.86. The maximum absolute atomic E-state index is 13.5. The summed E-state index contributed by atoms with van der Waals surface area (Å²) in [5, 5.41) is 0. The number of carbonyl (C=O) groups excluding carboxylic acids is 2. The molecule has 1 saturated heterocycles. The second-order valence-corrected chi connectivity index (χ2v) is 8.27. The van der Waals surface area contributed by atoms with E-state index in [1.807, 2.05) is 36.1 Å². The van der Waals surface area contributed by atoms with E-state index in [2.05, 4.69) is 11.7 Å². The molecule has 168 valence electrons. The molecule has 0 aromatic heterocycles. The van der Waals surface area contributed by atoms with E-state index in [0.29, 0.717) is 35.8 Å². The number of rotatable bonds is 4. The molecule has 0 radical (unpaired) electrons. The maximum Gasteiger partial charge on any atom is 0.573 e. The van der Waals surface area contributed by atoms with Gasteiger partial charge in [-0.3, -0.25) is 9.59 Å². The van der Waals surface area contributed by atoms with Gasteiger partial charge >= 0.3 is 6.36 Å². The molecule has 2 amide bonds. The fraction of sp³-hybridized carbons (Fsp3) is 0.333. The first-order valence-electron chi connectivity index (χ1n) is 10.4. The van der Waals surface area contributed by atoms with Gasteiger partial charge in [0, 0.05) is 13.1 Å². The number of likely N-dealkylation sites (tertiary alicyclic amines) is 1. The van der Waals surface area contributed by atoms with Crippen molar-refractivity contribution in [2.75, 3.05) is 18.0 Å². The lowest BCUT2D eigenvalue weighted by Crippen LogP contribution is -2.39. The van der Waals surface area contributed by atoms with E-state index in [-0.39, 0.29) is 5.69 Å². The topological polar surface area (TPSA) is 49.9 Å². The van der Waals surface area contributed by atoms with Gasteiger partial charge in [-0.1, -0.05) is 36.8 Å². The second kappa shape index (κ2) is 8.33. The molecule has 5 nitrogen and oxygen atoms in total. The number of imide groups is 1. The molecule has 2 aliphatic rings. The molecule has 0 saturated carbocycles. The lowest BCUT2D eigenvalue weighted by molar-refractivity contribution is -0.274. The highest BCUT2D eigenvalue weighted by molar-refractivity contribution is 6.45. The van der Waals surface area contributed by atoms with Crippen LogP contribution in [0.2, 0.25) is 0 Å². The number of aryl methyl sites for hydroxylation is 1. The van der Waals surface area contributed by atoms with Crippen LogP contribution in [-0.4, -0.2) is 36.2 Å². The van der Waals surface area contributed by atoms with Gasteiger partial charge in [0.15, 0.2) is 0 Å². The number of alkyl halides is 3. The standard InChI is InChI=1S/C24H23F3N2O3/c1-15-5-7-17(8-6-15)20-21(28-13-3-4-16(2)14-28)23(31)29(22(20)30)18-9-11-19(12-10-18)32-24(25,26)27/h5-12,16H,3-4,13-14H2,1-2H3. The van der Waals surface area contributed by atoms with Crippen molar-refractivity contribution in [1.82, 2.24) is 4.90 Å². The number of anilines is 1. The SMILES string of the molecule is Cc1ccc(C2=C(N3CCCC(C)C3)C(=O)N(c3ccc(OC(F)(F)F)cc3)C2=O)cc1. The number of amides is 2. The third kappa shape index (κ3) is 4.35. The van der Waals surface area contributed by atoms with E-state index >= 15 is 0 Å². The zero-order valence-corrected chi connectivity index (χ0v) is 17.8. The molecule has 4 rings (SSSR count). The number of nitrogens with zero attached hydrogens (tertiary/aromatic N) is 2. The molecular formula is C24H23F3N2O3. The van der Waals surface area contributed by atoms with Gasteiger partial charge in [-0.2, -0.15) is 0 Å². The molecule has 2 aromatic rings. The summed E-state index contributed by atoms with van der Waals surface area (Å²) >= 11 is 0. The summed E-state index contributed by atoms with van der Waals surface area (Å²) in [4.78, 5) is 29.9. The Labute approximate surface area is 184 Å². The summed E-state index contributed by atoms with van der Waals surface area (Å²) in [6, 6.07) is 12.1. The van der Waals surface area contributed by atoms with Crippen LogP contribution in [0.3, 0.4) is 0 Å². The van der Waals surface area contributed by atoms with E-state index in [9.17, 15) is 22.8 Å². The second-order valence-electron chi connectivity index (χ2n) is 8.27. The Morgan fingerprint density at radius 1 is 0.969 bits per heavy atom. The van der Waals surface area contributed by atoms with E-state index in [1.165, 1.54) is 12.1 Å². The van der Waals surface area contributed by atoms with Gasteiger partial charge in [0.05, 0.1) is 11.3 Å². The summed E-state index contributed by atoms with van der Waals surface area (Å²) in [6.45, 7) is 5.37. The highest BCUT2D eigenvalue weighted by Gasteiger charge is 2.43. The van der Waals surface area contributed by atoms with Crippen molar-refractivity contribution in [1.29, 1.82) is 0 Å². The van der Waals surface area contributed by atoms with Crippen molar-refractivity contribution in [3.05, 3.63) is 65.4 Å². The van der Waals surface area contributed by atoms with E-state index in [1.54, 1.807) is 0 Å². The largest absolute Gasteiger partial charge is 0.573 e. The normalized spacial score (nSPS) is 19.7. The molecule has 32 heavy (non-hydrogen) atoms.